The zero-order valence-electron chi connectivity index (χ0n) is 13.3. The number of amides is 3. The molecule has 0 aromatic heterocycles. The summed E-state index contributed by atoms with van der Waals surface area (Å²) in [6.07, 6.45) is 7.54. The van der Waals surface area contributed by atoms with E-state index < -0.39 is 23.6 Å². The van der Waals surface area contributed by atoms with E-state index in [-0.39, 0.29) is 12.2 Å². The predicted molar refractivity (Wildman–Crippen MR) is 87.6 cm³/mol. The fourth-order valence-electron chi connectivity index (χ4n) is 2.52. The Kier molecular flexibility index (Phi) is 6.72. The molecule has 1 aromatic carbocycles. The van der Waals surface area contributed by atoms with Gasteiger partial charge < -0.3 is 10.6 Å². The second-order valence-electron chi connectivity index (χ2n) is 5.67. The molecule has 3 amide bonds. The first-order chi connectivity index (χ1) is 11.5. The van der Waals surface area contributed by atoms with Gasteiger partial charge in [-0.15, -0.1) is 0 Å². The number of imide groups is 1. The van der Waals surface area contributed by atoms with Crippen molar-refractivity contribution in [3.8, 4) is 0 Å². The second kappa shape index (κ2) is 9.00. The van der Waals surface area contributed by atoms with Crippen LogP contribution in [0.5, 0.6) is 0 Å². The van der Waals surface area contributed by atoms with Crippen molar-refractivity contribution in [1.82, 2.24) is 10.6 Å². The third-order valence-electron chi connectivity index (χ3n) is 3.69. The number of hydrogen-bond acceptors (Lipinski definition) is 3. The van der Waals surface area contributed by atoms with E-state index in [1.54, 1.807) is 0 Å². The van der Waals surface area contributed by atoms with E-state index in [0.29, 0.717) is 6.54 Å². The lowest BCUT2D eigenvalue weighted by Gasteiger charge is -2.13. The first kappa shape index (κ1) is 17.9. The van der Waals surface area contributed by atoms with Gasteiger partial charge in [0.1, 0.15) is 11.6 Å². The molecule has 0 saturated heterocycles. The summed E-state index contributed by atoms with van der Waals surface area (Å²) in [5.74, 6) is -2.07. The standard InChI is InChI=1S/C17H21F2N3O2/c18-13-8-14(19)10-15(9-13)21-11-16(23)22-17(24)20-7-6-12-4-2-1-3-5-12/h4,8-10,21H,1-3,5-7,11H2,(H2,20,22,23,24). The number of benzene rings is 1. The Morgan fingerprint density at radius 1 is 1.08 bits per heavy atom. The minimum Gasteiger partial charge on any atom is -0.376 e. The fraction of sp³-hybridized carbons (Fsp3) is 0.412. The molecule has 0 bridgehead atoms. The zero-order chi connectivity index (χ0) is 17.4. The summed E-state index contributed by atoms with van der Waals surface area (Å²) < 4.78 is 26.0. The maximum absolute atomic E-state index is 13.0. The van der Waals surface area contributed by atoms with Gasteiger partial charge in [-0.1, -0.05) is 11.6 Å². The van der Waals surface area contributed by atoms with Crippen LogP contribution in [0.15, 0.2) is 29.8 Å². The number of anilines is 1. The topological polar surface area (TPSA) is 70.2 Å². The number of allylic oxidation sites excluding steroid dienone is 1. The van der Waals surface area contributed by atoms with Gasteiger partial charge in [0, 0.05) is 18.3 Å². The van der Waals surface area contributed by atoms with Crippen molar-refractivity contribution in [3.63, 3.8) is 0 Å². The first-order valence-corrected chi connectivity index (χ1v) is 7.98. The Balaban J connectivity index is 1.65. The van der Waals surface area contributed by atoms with Gasteiger partial charge in [0.2, 0.25) is 5.91 Å². The molecule has 3 N–H and O–H groups in total. The van der Waals surface area contributed by atoms with Crippen molar-refractivity contribution in [2.45, 2.75) is 32.1 Å². The minimum absolute atomic E-state index is 0.132. The molecule has 0 atom stereocenters. The molecule has 0 radical (unpaired) electrons. The number of rotatable bonds is 6. The lowest BCUT2D eigenvalue weighted by Crippen LogP contribution is -2.42. The maximum Gasteiger partial charge on any atom is 0.321 e. The predicted octanol–water partition coefficient (Wildman–Crippen LogP) is 3.09. The quantitative estimate of drug-likeness (QED) is 0.699. The monoisotopic (exact) mass is 337 g/mol. The summed E-state index contributed by atoms with van der Waals surface area (Å²) in [6, 6.07) is 2.28. The van der Waals surface area contributed by atoms with Crippen LogP contribution in [0.3, 0.4) is 0 Å². The summed E-state index contributed by atoms with van der Waals surface area (Å²) >= 11 is 0. The van der Waals surface area contributed by atoms with Gasteiger partial charge >= 0.3 is 6.03 Å². The van der Waals surface area contributed by atoms with Crippen LogP contribution >= 0.6 is 0 Å². The lowest BCUT2D eigenvalue weighted by molar-refractivity contribution is -0.118. The molecule has 0 aliphatic heterocycles. The molecule has 0 fully saturated rings. The normalized spacial score (nSPS) is 13.8. The van der Waals surface area contributed by atoms with Gasteiger partial charge in [-0.25, -0.2) is 13.6 Å². The Morgan fingerprint density at radius 3 is 2.50 bits per heavy atom. The van der Waals surface area contributed by atoms with E-state index in [4.69, 9.17) is 0 Å². The van der Waals surface area contributed by atoms with Crippen LogP contribution in [-0.2, 0) is 4.79 Å². The average Bonchev–Trinajstić information content (AvgIpc) is 2.53. The van der Waals surface area contributed by atoms with Gasteiger partial charge in [0.25, 0.3) is 0 Å². The molecule has 24 heavy (non-hydrogen) atoms. The van der Waals surface area contributed by atoms with E-state index in [2.05, 4.69) is 22.0 Å². The Hall–Kier alpha value is -2.44. The van der Waals surface area contributed by atoms with Gasteiger partial charge in [0.15, 0.2) is 0 Å². The van der Waals surface area contributed by atoms with E-state index in [9.17, 15) is 18.4 Å². The largest absolute Gasteiger partial charge is 0.376 e. The SMILES string of the molecule is O=C(CNc1cc(F)cc(F)c1)NC(=O)NCCC1=CCCCC1. The Labute approximate surface area is 139 Å². The molecule has 5 nitrogen and oxygen atoms in total. The number of hydrogen-bond donors (Lipinski definition) is 3. The summed E-state index contributed by atoms with van der Waals surface area (Å²) in [4.78, 5) is 23.2. The third kappa shape index (κ3) is 6.36. The van der Waals surface area contributed by atoms with Crippen LogP contribution in [0.2, 0.25) is 0 Å². The molecule has 1 aliphatic rings. The van der Waals surface area contributed by atoms with Gasteiger partial charge in [0.05, 0.1) is 6.54 Å². The number of nitrogens with one attached hydrogen (secondary N) is 3. The lowest BCUT2D eigenvalue weighted by atomic mass is 9.97. The van der Waals surface area contributed by atoms with Gasteiger partial charge in [-0.05, 0) is 44.2 Å². The van der Waals surface area contributed by atoms with Crippen LogP contribution in [0.25, 0.3) is 0 Å². The molecule has 1 aliphatic carbocycles. The van der Waals surface area contributed by atoms with Crippen molar-refractivity contribution in [2.75, 3.05) is 18.4 Å². The van der Waals surface area contributed by atoms with Crippen LogP contribution in [0.1, 0.15) is 32.1 Å². The number of carbonyl (C=O) groups excluding carboxylic acids is 2. The highest BCUT2D eigenvalue weighted by Gasteiger charge is 2.09. The van der Waals surface area contributed by atoms with Crippen LogP contribution in [0.4, 0.5) is 19.3 Å². The Morgan fingerprint density at radius 2 is 1.83 bits per heavy atom. The molecule has 2 rings (SSSR count). The van der Waals surface area contributed by atoms with Crippen molar-refractivity contribution < 1.29 is 18.4 Å². The average molecular weight is 337 g/mol. The third-order valence-corrected chi connectivity index (χ3v) is 3.69. The molecule has 0 unspecified atom stereocenters. The maximum atomic E-state index is 13.0. The number of carbonyl (C=O) groups is 2. The van der Waals surface area contributed by atoms with Crippen molar-refractivity contribution in [2.24, 2.45) is 0 Å². The summed E-state index contributed by atoms with van der Waals surface area (Å²) in [5.41, 5.74) is 1.47. The smallest absolute Gasteiger partial charge is 0.321 e. The highest BCUT2D eigenvalue weighted by molar-refractivity contribution is 5.96. The van der Waals surface area contributed by atoms with Gasteiger partial charge in [-0.2, -0.15) is 0 Å². The van der Waals surface area contributed by atoms with Crippen molar-refractivity contribution in [1.29, 1.82) is 0 Å². The molecule has 0 heterocycles. The van der Waals surface area contributed by atoms with E-state index in [1.807, 2.05) is 0 Å². The molecular weight excluding hydrogens is 316 g/mol. The highest BCUT2D eigenvalue weighted by Crippen LogP contribution is 2.19. The second-order valence-corrected chi connectivity index (χ2v) is 5.67. The molecule has 130 valence electrons. The van der Waals surface area contributed by atoms with Crippen LogP contribution in [0, 0.1) is 11.6 Å². The summed E-state index contributed by atoms with van der Waals surface area (Å²) in [6.45, 7) is 0.203. The Bertz CT molecular complexity index is 612. The first-order valence-electron chi connectivity index (χ1n) is 7.98. The highest BCUT2D eigenvalue weighted by atomic mass is 19.1. The van der Waals surface area contributed by atoms with E-state index in [0.717, 1.165) is 37.5 Å². The minimum atomic E-state index is -0.743. The summed E-state index contributed by atoms with van der Waals surface area (Å²) in [5, 5.41) is 7.33. The fourth-order valence-corrected chi connectivity index (χ4v) is 2.52. The molecular formula is C17H21F2N3O2. The number of urea groups is 1. The summed E-state index contributed by atoms with van der Waals surface area (Å²) in [7, 11) is 0. The van der Waals surface area contributed by atoms with E-state index in [1.165, 1.54) is 18.4 Å². The van der Waals surface area contributed by atoms with Crippen molar-refractivity contribution >= 4 is 17.6 Å². The molecule has 0 spiro atoms. The molecule has 0 saturated carbocycles. The molecule has 1 aromatic rings. The van der Waals surface area contributed by atoms with E-state index >= 15 is 0 Å². The van der Waals surface area contributed by atoms with Crippen LogP contribution < -0.4 is 16.0 Å². The van der Waals surface area contributed by atoms with Crippen LogP contribution in [-0.4, -0.2) is 25.0 Å². The molecule has 7 heteroatoms. The van der Waals surface area contributed by atoms with Gasteiger partial charge in [-0.3, -0.25) is 10.1 Å². The van der Waals surface area contributed by atoms with Crippen molar-refractivity contribution in [3.05, 3.63) is 41.5 Å². The zero-order valence-corrected chi connectivity index (χ0v) is 13.3. The number of halogens is 2.